The molecule has 2 amide bonds. The van der Waals surface area contributed by atoms with Gasteiger partial charge in [0.05, 0.1) is 34.6 Å². The Labute approximate surface area is 260 Å². The third-order valence-corrected chi connectivity index (χ3v) is 7.78. The number of rotatable bonds is 11. The normalized spacial score (nSPS) is 13.4. The molecule has 13 heteroatoms. The molecule has 0 bridgehead atoms. The summed E-state index contributed by atoms with van der Waals surface area (Å²) < 4.78 is 40.3. The number of anilines is 1. The number of hydrogen-bond donors (Lipinski definition) is 4. The topological polar surface area (TPSA) is 114 Å². The maximum absolute atomic E-state index is 13.3. The first-order valence-electron chi connectivity index (χ1n) is 13.5. The monoisotopic (exact) mass is 646 g/mol. The summed E-state index contributed by atoms with van der Waals surface area (Å²) in [6.07, 6.45) is -4.79. The molecule has 0 aliphatic heterocycles. The fourth-order valence-electron chi connectivity index (χ4n) is 4.62. The summed E-state index contributed by atoms with van der Waals surface area (Å²) in [5, 5.41) is 26.7. The highest BCUT2D eigenvalue weighted by molar-refractivity contribution is 7.23. The Morgan fingerprint density at radius 3 is 2.39 bits per heavy atom. The van der Waals surface area contributed by atoms with Crippen LogP contribution in [-0.4, -0.2) is 58.4 Å². The molecule has 1 aromatic heterocycles. The molecule has 2 unspecified atom stereocenters. The number of carbonyl (C=O) groups excluding carboxylic acids is 2. The van der Waals surface area contributed by atoms with Crippen molar-refractivity contribution in [1.82, 2.24) is 10.3 Å². The van der Waals surface area contributed by atoms with Crippen LogP contribution in [0.1, 0.15) is 51.3 Å². The van der Waals surface area contributed by atoms with E-state index in [4.69, 9.17) is 11.6 Å². The van der Waals surface area contributed by atoms with Gasteiger partial charge in [-0.15, -0.1) is 11.3 Å². The van der Waals surface area contributed by atoms with Crippen molar-refractivity contribution in [3.8, 4) is 0 Å². The number of halogens is 4. The predicted octanol–water partition coefficient (Wildman–Crippen LogP) is 6.15. The van der Waals surface area contributed by atoms with Gasteiger partial charge in [0.2, 0.25) is 0 Å². The fraction of sp³-hybridized carbons (Fsp3) is 0.258. The van der Waals surface area contributed by atoms with Crippen LogP contribution in [0.4, 0.5) is 18.2 Å². The average Bonchev–Trinajstić information content (AvgIpc) is 3.30. The second kappa shape index (κ2) is 14.3. The Morgan fingerprint density at radius 2 is 1.70 bits per heavy atom. The summed E-state index contributed by atoms with van der Waals surface area (Å²) in [6, 6.07) is 17.2. The van der Waals surface area contributed by atoms with Gasteiger partial charge in [-0.3, -0.25) is 14.5 Å². The first-order valence-corrected chi connectivity index (χ1v) is 14.7. The molecule has 1 heterocycles. The molecule has 8 nitrogen and oxygen atoms in total. The van der Waals surface area contributed by atoms with Gasteiger partial charge in [-0.1, -0.05) is 48.0 Å². The number of aliphatic hydroxyl groups excluding tert-OH is 2. The zero-order valence-corrected chi connectivity index (χ0v) is 25.3. The smallest absolute Gasteiger partial charge is 0.392 e. The van der Waals surface area contributed by atoms with E-state index in [1.54, 1.807) is 56.3 Å². The van der Waals surface area contributed by atoms with Gasteiger partial charge in [0.25, 0.3) is 11.8 Å². The molecule has 0 aliphatic carbocycles. The molecule has 0 aliphatic rings. The van der Waals surface area contributed by atoms with Gasteiger partial charge in [0.15, 0.2) is 0 Å². The third-order valence-electron chi connectivity index (χ3n) is 6.37. The number of hydrazone groups is 1. The van der Waals surface area contributed by atoms with E-state index in [9.17, 15) is 33.0 Å². The molecule has 0 spiro atoms. The minimum atomic E-state index is -4.65. The van der Waals surface area contributed by atoms with Crippen LogP contribution in [0, 0.1) is 0 Å². The van der Waals surface area contributed by atoms with E-state index in [1.807, 2.05) is 11.0 Å². The number of nitrogens with zero attached hydrogens (tertiary/aromatic N) is 2. The number of aliphatic hydroxyl groups is 2. The van der Waals surface area contributed by atoms with Gasteiger partial charge in [-0.05, 0) is 55.3 Å². The van der Waals surface area contributed by atoms with Crippen molar-refractivity contribution in [2.45, 2.75) is 38.8 Å². The highest BCUT2D eigenvalue weighted by Gasteiger charge is 2.33. The van der Waals surface area contributed by atoms with Gasteiger partial charge >= 0.3 is 6.18 Å². The van der Waals surface area contributed by atoms with E-state index in [0.717, 1.165) is 28.6 Å². The first kappa shape index (κ1) is 33.1. The molecule has 0 radical (unpaired) electrons. The molecule has 232 valence electrons. The summed E-state index contributed by atoms with van der Waals surface area (Å²) in [7, 11) is 0. The molecule has 0 fully saturated rings. The number of carbonyl (C=O) groups is 2. The SMILES string of the molecule is CC(O)CN(Cc1cccc(C(=O)Nc2sc3ccccc3c2C(=O)NN=Cc2ccc(Cl)c(C(F)(F)F)c2)c1)CC(C)O. The van der Waals surface area contributed by atoms with Crippen LogP contribution in [0.3, 0.4) is 0 Å². The standard InChI is InChI=1S/C31H30ClF3N4O4S/c1-18(40)15-39(16-19(2)41)17-21-6-5-7-22(12-21)28(42)37-30-27(23-8-3-4-9-26(23)44-30)29(43)38-36-14-20-10-11-25(32)24(13-20)31(33,34)35/h3-14,18-19,40-41H,15-17H2,1-2H3,(H,37,42)(H,38,43). The van der Waals surface area contributed by atoms with Crippen molar-refractivity contribution >= 4 is 56.1 Å². The zero-order valence-electron chi connectivity index (χ0n) is 23.7. The predicted molar refractivity (Wildman–Crippen MR) is 166 cm³/mol. The first-order chi connectivity index (χ1) is 20.8. The largest absolute Gasteiger partial charge is 0.417 e. The van der Waals surface area contributed by atoms with Crippen LogP contribution < -0.4 is 10.7 Å². The maximum Gasteiger partial charge on any atom is 0.417 e. The molecular weight excluding hydrogens is 617 g/mol. The molecule has 4 N–H and O–H groups in total. The van der Waals surface area contributed by atoms with Gasteiger partial charge in [-0.25, -0.2) is 5.43 Å². The van der Waals surface area contributed by atoms with Crippen molar-refractivity contribution in [3.05, 3.63) is 99.6 Å². The van der Waals surface area contributed by atoms with E-state index in [-0.39, 0.29) is 16.1 Å². The average molecular weight is 647 g/mol. The minimum Gasteiger partial charge on any atom is -0.392 e. The molecule has 3 aromatic carbocycles. The third kappa shape index (κ3) is 8.64. The maximum atomic E-state index is 13.3. The molecule has 2 atom stereocenters. The lowest BCUT2D eigenvalue weighted by molar-refractivity contribution is -0.137. The van der Waals surface area contributed by atoms with Crippen LogP contribution in [0.25, 0.3) is 10.1 Å². The lowest BCUT2D eigenvalue weighted by atomic mass is 10.1. The van der Waals surface area contributed by atoms with Gasteiger partial charge < -0.3 is 15.5 Å². The second-order valence-electron chi connectivity index (χ2n) is 10.3. The van der Waals surface area contributed by atoms with Gasteiger partial charge in [-0.2, -0.15) is 18.3 Å². The van der Waals surface area contributed by atoms with E-state index < -0.39 is 40.8 Å². The second-order valence-corrected chi connectivity index (χ2v) is 11.7. The summed E-state index contributed by atoms with van der Waals surface area (Å²) in [5.74, 6) is -1.13. The van der Waals surface area contributed by atoms with Gasteiger partial charge in [0, 0.05) is 35.3 Å². The van der Waals surface area contributed by atoms with E-state index >= 15 is 0 Å². The van der Waals surface area contributed by atoms with Crippen molar-refractivity contribution in [3.63, 3.8) is 0 Å². The quantitative estimate of drug-likeness (QED) is 0.115. The highest BCUT2D eigenvalue weighted by Crippen LogP contribution is 2.36. The summed E-state index contributed by atoms with van der Waals surface area (Å²) in [6.45, 7) is 4.38. The van der Waals surface area contributed by atoms with Crippen molar-refractivity contribution < 1.29 is 33.0 Å². The van der Waals surface area contributed by atoms with E-state index in [2.05, 4.69) is 15.8 Å². The minimum absolute atomic E-state index is 0.0751. The summed E-state index contributed by atoms with van der Waals surface area (Å²) in [5.41, 5.74) is 2.67. The molecular formula is C31H30ClF3N4O4S. The van der Waals surface area contributed by atoms with Crippen LogP contribution in [0.15, 0.2) is 71.8 Å². The van der Waals surface area contributed by atoms with Crippen molar-refractivity contribution in [2.75, 3.05) is 18.4 Å². The van der Waals surface area contributed by atoms with Crippen molar-refractivity contribution in [2.24, 2.45) is 5.10 Å². The van der Waals surface area contributed by atoms with E-state index in [1.165, 1.54) is 17.4 Å². The zero-order chi connectivity index (χ0) is 32.0. The Balaban J connectivity index is 1.54. The number of fused-ring (bicyclic) bond motifs is 1. The lowest BCUT2D eigenvalue weighted by Crippen LogP contribution is -2.35. The van der Waals surface area contributed by atoms with Crippen LogP contribution in [0.5, 0.6) is 0 Å². The summed E-state index contributed by atoms with van der Waals surface area (Å²) >= 11 is 6.86. The number of amides is 2. The van der Waals surface area contributed by atoms with Crippen molar-refractivity contribution in [1.29, 1.82) is 0 Å². The van der Waals surface area contributed by atoms with E-state index in [0.29, 0.717) is 30.6 Å². The van der Waals surface area contributed by atoms with Gasteiger partial charge in [0.1, 0.15) is 5.00 Å². The lowest BCUT2D eigenvalue weighted by Gasteiger charge is -2.25. The number of nitrogens with one attached hydrogen (secondary N) is 2. The fourth-order valence-corrected chi connectivity index (χ4v) is 5.94. The van der Waals surface area contributed by atoms with Crippen LogP contribution in [0.2, 0.25) is 5.02 Å². The molecule has 4 aromatic rings. The number of benzene rings is 3. The number of hydrogen-bond acceptors (Lipinski definition) is 7. The summed E-state index contributed by atoms with van der Waals surface area (Å²) in [4.78, 5) is 28.5. The van der Waals surface area contributed by atoms with Crippen LogP contribution in [-0.2, 0) is 12.7 Å². The Bertz CT molecular complexity index is 1660. The molecule has 44 heavy (non-hydrogen) atoms. The number of thiophene rings is 1. The Kier molecular flexibility index (Phi) is 10.8. The molecule has 0 saturated heterocycles. The Morgan fingerprint density at radius 1 is 1.00 bits per heavy atom. The van der Waals surface area contributed by atoms with Crippen LogP contribution >= 0.6 is 22.9 Å². The molecule has 0 saturated carbocycles. The number of alkyl halides is 3. The Hall–Kier alpha value is -3.81. The highest BCUT2D eigenvalue weighted by atomic mass is 35.5. The molecule has 4 rings (SSSR count).